The molecule has 0 bridgehead atoms. The molecule has 0 radical (unpaired) electrons. The molecule has 1 aliphatic rings. The van der Waals surface area contributed by atoms with Crippen LogP contribution in [-0.4, -0.2) is 43.8 Å². The molecule has 0 aliphatic heterocycles. The molecule has 0 unspecified atom stereocenters. The van der Waals surface area contributed by atoms with E-state index in [0.29, 0.717) is 19.1 Å². The topological polar surface area (TPSA) is 74.8 Å². The summed E-state index contributed by atoms with van der Waals surface area (Å²) in [6.45, 7) is 8.97. The number of halogens is 1. The van der Waals surface area contributed by atoms with Crippen molar-refractivity contribution >= 4 is 36.0 Å². The fraction of sp³-hybridized carbons (Fsp3) is 0.875. The van der Waals surface area contributed by atoms with Gasteiger partial charge in [-0.15, -0.1) is 24.0 Å². The molecule has 0 aromatic rings. The molecule has 0 spiro atoms. The van der Waals surface area contributed by atoms with Crippen molar-refractivity contribution in [3.05, 3.63) is 0 Å². The van der Waals surface area contributed by atoms with Crippen LogP contribution in [0.25, 0.3) is 0 Å². The predicted octanol–water partition coefficient (Wildman–Crippen LogP) is 2.87. The third-order valence-corrected chi connectivity index (χ3v) is 3.67. The summed E-state index contributed by atoms with van der Waals surface area (Å²) in [5.74, 6) is 1.64. The van der Waals surface area contributed by atoms with Crippen molar-refractivity contribution in [3.63, 3.8) is 0 Å². The Morgan fingerprint density at radius 1 is 1.13 bits per heavy atom. The number of aliphatic imine (C=N–C) groups is 1. The molecule has 1 saturated carbocycles. The number of alkyl carbamates (subject to hydrolysis) is 1. The molecule has 0 atom stereocenters. The Labute approximate surface area is 157 Å². The lowest BCUT2D eigenvalue weighted by molar-refractivity contribution is 0.0529. The second-order valence-corrected chi connectivity index (χ2v) is 7.03. The Kier molecular flexibility index (Phi) is 10.6. The van der Waals surface area contributed by atoms with Gasteiger partial charge in [0, 0.05) is 26.2 Å². The Morgan fingerprint density at radius 3 is 2.22 bits per heavy atom. The number of amides is 1. The normalized spacial score (nSPS) is 21.9. The fourth-order valence-corrected chi connectivity index (χ4v) is 2.45. The van der Waals surface area contributed by atoms with E-state index in [2.05, 4.69) is 27.9 Å². The first-order valence-electron chi connectivity index (χ1n) is 8.24. The van der Waals surface area contributed by atoms with Gasteiger partial charge in [0.05, 0.1) is 0 Å². The molecule has 7 heteroatoms. The van der Waals surface area contributed by atoms with Gasteiger partial charge in [0.25, 0.3) is 0 Å². The van der Waals surface area contributed by atoms with Crippen LogP contribution in [0.15, 0.2) is 4.99 Å². The molecule has 1 rings (SSSR count). The first-order chi connectivity index (χ1) is 10.3. The number of hydrogen-bond donors (Lipinski definition) is 3. The summed E-state index contributed by atoms with van der Waals surface area (Å²) in [4.78, 5) is 15.7. The standard InChI is InChI=1S/C16H32N4O2.HI/c1-12-6-8-13(9-7-12)20-14(17-5)18-10-11-19-15(21)22-16(2,3)4;/h12-13H,6-11H2,1-5H3,(H,19,21)(H2,17,18,20);1H. The van der Waals surface area contributed by atoms with Crippen LogP contribution in [0.3, 0.4) is 0 Å². The number of rotatable bonds is 4. The van der Waals surface area contributed by atoms with E-state index in [1.165, 1.54) is 25.7 Å². The summed E-state index contributed by atoms with van der Waals surface area (Å²) >= 11 is 0. The Morgan fingerprint density at radius 2 is 1.70 bits per heavy atom. The molecular formula is C16H33IN4O2. The molecule has 0 aromatic heterocycles. The van der Waals surface area contributed by atoms with Crippen molar-refractivity contribution < 1.29 is 9.53 Å². The summed E-state index contributed by atoms with van der Waals surface area (Å²) in [6.07, 6.45) is 4.54. The molecule has 3 N–H and O–H groups in total. The summed E-state index contributed by atoms with van der Waals surface area (Å²) in [5, 5.41) is 9.38. The maximum atomic E-state index is 11.5. The highest BCUT2D eigenvalue weighted by Gasteiger charge is 2.19. The molecule has 1 aliphatic carbocycles. The minimum atomic E-state index is -0.465. The van der Waals surface area contributed by atoms with Gasteiger partial charge in [0.15, 0.2) is 5.96 Å². The number of ether oxygens (including phenoxy) is 1. The lowest BCUT2D eigenvalue weighted by Gasteiger charge is -2.28. The van der Waals surface area contributed by atoms with Crippen LogP contribution in [0.1, 0.15) is 53.4 Å². The summed E-state index contributed by atoms with van der Waals surface area (Å²) in [6, 6.07) is 0.501. The van der Waals surface area contributed by atoms with Crippen molar-refractivity contribution in [1.82, 2.24) is 16.0 Å². The van der Waals surface area contributed by atoms with E-state index >= 15 is 0 Å². The molecule has 0 heterocycles. The maximum Gasteiger partial charge on any atom is 0.407 e. The lowest BCUT2D eigenvalue weighted by atomic mass is 9.87. The highest BCUT2D eigenvalue weighted by atomic mass is 127. The quantitative estimate of drug-likeness (QED) is 0.272. The molecule has 1 amide bonds. The zero-order valence-corrected chi connectivity index (χ0v) is 17.4. The summed E-state index contributed by atoms with van der Waals surface area (Å²) < 4.78 is 5.18. The average molecular weight is 440 g/mol. The number of carbonyl (C=O) groups excluding carboxylic acids is 1. The minimum Gasteiger partial charge on any atom is -0.444 e. The second-order valence-electron chi connectivity index (χ2n) is 7.03. The number of hydrogen-bond acceptors (Lipinski definition) is 3. The minimum absolute atomic E-state index is 0. The molecule has 0 saturated heterocycles. The Hall–Kier alpha value is -0.730. The Bertz CT molecular complexity index is 375. The molecule has 1 fully saturated rings. The summed E-state index contributed by atoms with van der Waals surface area (Å²) in [5.41, 5.74) is -0.465. The lowest BCUT2D eigenvalue weighted by Crippen LogP contribution is -2.47. The van der Waals surface area contributed by atoms with Gasteiger partial charge in [-0.05, 0) is 52.4 Å². The van der Waals surface area contributed by atoms with Crippen molar-refractivity contribution in [2.24, 2.45) is 10.9 Å². The van der Waals surface area contributed by atoms with Crippen LogP contribution in [0.2, 0.25) is 0 Å². The van der Waals surface area contributed by atoms with Gasteiger partial charge >= 0.3 is 6.09 Å². The first kappa shape index (κ1) is 22.3. The molecule has 23 heavy (non-hydrogen) atoms. The zero-order chi connectivity index (χ0) is 16.6. The van der Waals surface area contributed by atoms with Gasteiger partial charge in [0.1, 0.15) is 5.60 Å². The van der Waals surface area contributed by atoms with E-state index in [0.717, 1.165) is 11.9 Å². The van der Waals surface area contributed by atoms with Gasteiger partial charge in [-0.2, -0.15) is 0 Å². The van der Waals surface area contributed by atoms with Crippen molar-refractivity contribution in [2.75, 3.05) is 20.1 Å². The summed E-state index contributed by atoms with van der Waals surface area (Å²) in [7, 11) is 1.77. The van der Waals surface area contributed by atoms with Gasteiger partial charge in [-0.3, -0.25) is 4.99 Å². The smallest absolute Gasteiger partial charge is 0.407 e. The van der Waals surface area contributed by atoms with Crippen LogP contribution >= 0.6 is 24.0 Å². The van der Waals surface area contributed by atoms with E-state index < -0.39 is 11.7 Å². The van der Waals surface area contributed by atoms with E-state index in [1.807, 2.05) is 20.8 Å². The van der Waals surface area contributed by atoms with Crippen molar-refractivity contribution in [2.45, 2.75) is 65.0 Å². The molecule has 136 valence electrons. The Balaban J connectivity index is 0.00000484. The van der Waals surface area contributed by atoms with Crippen LogP contribution in [0, 0.1) is 5.92 Å². The molecule has 6 nitrogen and oxygen atoms in total. The van der Waals surface area contributed by atoms with Crippen molar-refractivity contribution in [1.29, 1.82) is 0 Å². The molecule has 0 aromatic carbocycles. The third-order valence-electron chi connectivity index (χ3n) is 3.67. The predicted molar refractivity (Wildman–Crippen MR) is 106 cm³/mol. The van der Waals surface area contributed by atoms with Gasteiger partial charge in [-0.1, -0.05) is 6.92 Å². The van der Waals surface area contributed by atoms with Crippen LogP contribution in [-0.2, 0) is 4.74 Å². The van der Waals surface area contributed by atoms with E-state index in [4.69, 9.17) is 4.74 Å². The second kappa shape index (κ2) is 10.9. The first-order valence-corrected chi connectivity index (χ1v) is 8.24. The fourth-order valence-electron chi connectivity index (χ4n) is 2.45. The number of carbonyl (C=O) groups is 1. The number of nitrogens with one attached hydrogen (secondary N) is 3. The SMILES string of the molecule is CN=C(NCCNC(=O)OC(C)(C)C)NC1CCC(C)CC1.I. The van der Waals surface area contributed by atoms with Crippen LogP contribution in [0.4, 0.5) is 4.79 Å². The van der Waals surface area contributed by atoms with E-state index in [-0.39, 0.29) is 24.0 Å². The van der Waals surface area contributed by atoms with Gasteiger partial charge in [0.2, 0.25) is 0 Å². The number of guanidine groups is 1. The highest BCUT2D eigenvalue weighted by Crippen LogP contribution is 2.23. The highest BCUT2D eigenvalue weighted by molar-refractivity contribution is 14.0. The number of nitrogens with zero attached hydrogens (tertiary/aromatic N) is 1. The van der Waals surface area contributed by atoms with E-state index in [9.17, 15) is 4.79 Å². The average Bonchev–Trinajstić information content (AvgIpc) is 2.42. The van der Waals surface area contributed by atoms with Crippen molar-refractivity contribution in [3.8, 4) is 0 Å². The third kappa shape index (κ3) is 10.6. The monoisotopic (exact) mass is 440 g/mol. The van der Waals surface area contributed by atoms with E-state index in [1.54, 1.807) is 7.05 Å². The van der Waals surface area contributed by atoms with Gasteiger partial charge < -0.3 is 20.7 Å². The van der Waals surface area contributed by atoms with Gasteiger partial charge in [-0.25, -0.2) is 4.79 Å². The molecular weight excluding hydrogens is 407 g/mol. The van der Waals surface area contributed by atoms with Crippen LogP contribution < -0.4 is 16.0 Å². The van der Waals surface area contributed by atoms with Crippen LogP contribution in [0.5, 0.6) is 0 Å². The maximum absolute atomic E-state index is 11.5. The largest absolute Gasteiger partial charge is 0.444 e. The zero-order valence-electron chi connectivity index (χ0n) is 15.1.